The number of benzene rings is 1. The molecule has 0 spiro atoms. The maximum atomic E-state index is 12.1. The number of halogens is 2. The van der Waals surface area contributed by atoms with Crippen molar-refractivity contribution in [2.24, 2.45) is 5.10 Å². The van der Waals surface area contributed by atoms with Crippen LogP contribution in [0.2, 0.25) is 10.0 Å². The third-order valence-electron chi connectivity index (χ3n) is 3.04. The van der Waals surface area contributed by atoms with Crippen LogP contribution in [0.4, 0.5) is 11.6 Å². The number of aromatic nitrogens is 3. The van der Waals surface area contributed by atoms with Crippen LogP contribution in [0.5, 0.6) is 0 Å². The molecule has 2 heterocycles. The van der Waals surface area contributed by atoms with Gasteiger partial charge < -0.3 is 11.2 Å². The van der Waals surface area contributed by atoms with Crippen molar-refractivity contribution in [2.75, 3.05) is 22.3 Å². The molecule has 0 fully saturated rings. The second kappa shape index (κ2) is 9.09. The van der Waals surface area contributed by atoms with Crippen LogP contribution in [0.1, 0.15) is 4.88 Å². The van der Waals surface area contributed by atoms with Gasteiger partial charge in [0.25, 0.3) is 5.95 Å². The quantitative estimate of drug-likeness (QED) is 0.224. The SMILES string of the molecule is Nn1c(N/N=C/c2cccs2)nnc1SCC(=O)Nc1cc(Cl)cc(Cl)c1. The molecule has 0 radical (unpaired) electrons. The molecule has 4 N–H and O–H groups in total. The largest absolute Gasteiger partial charge is 0.334 e. The Bertz CT molecular complexity index is 939. The number of hydrogen-bond acceptors (Lipinski definition) is 8. The molecule has 1 amide bonds. The van der Waals surface area contributed by atoms with Crippen molar-refractivity contribution in [1.29, 1.82) is 0 Å². The van der Waals surface area contributed by atoms with Crippen LogP contribution in [-0.2, 0) is 4.79 Å². The molecule has 0 bridgehead atoms. The number of carbonyl (C=O) groups excluding carboxylic acids is 1. The lowest BCUT2D eigenvalue weighted by atomic mass is 10.3. The van der Waals surface area contributed by atoms with E-state index in [2.05, 4.69) is 26.0 Å². The zero-order valence-corrected chi connectivity index (χ0v) is 16.7. The van der Waals surface area contributed by atoms with Gasteiger partial charge in [0.2, 0.25) is 11.1 Å². The summed E-state index contributed by atoms with van der Waals surface area (Å²) in [5.41, 5.74) is 3.22. The molecule has 0 aliphatic rings. The van der Waals surface area contributed by atoms with Crippen molar-refractivity contribution in [3.8, 4) is 0 Å². The molecule has 0 aliphatic carbocycles. The molecule has 0 saturated heterocycles. The van der Waals surface area contributed by atoms with E-state index in [0.29, 0.717) is 20.9 Å². The minimum atomic E-state index is -0.258. The predicted molar refractivity (Wildman–Crippen MR) is 112 cm³/mol. The van der Waals surface area contributed by atoms with Crippen molar-refractivity contribution in [3.05, 3.63) is 50.6 Å². The molecule has 0 unspecified atom stereocenters. The third kappa shape index (κ3) is 5.60. The monoisotopic (exact) mass is 441 g/mol. The molecular formula is C15H13Cl2N7OS2. The van der Waals surface area contributed by atoms with E-state index in [1.165, 1.54) is 4.68 Å². The smallest absolute Gasteiger partial charge is 0.264 e. The van der Waals surface area contributed by atoms with Crippen molar-refractivity contribution in [3.63, 3.8) is 0 Å². The predicted octanol–water partition coefficient (Wildman–Crippen LogP) is 3.54. The van der Waals surface area contributed by atoms with Crippen molar-refractivity contribution < 1.29 is 4.79 Å². The second-order valence-electron chi connectivity index (χ2n) is 5.06. The van der Waals surface area contributed by atoms with Gasteiger partial charge in [-0.15, -0.1) is 21.5 Å². The fourth-order valence-corrected chi connectivity index (χ4v) is 3.69. The van der Waals surface area contributed by atoms with Gasteiger partial charge >= 0.3 is 0 Å². The zero-order valence-electron chi connectivity index (χ0n) is 13.6. The molecule has 0 atom stereocenters. The van der Waals surface area contributed by atoms with E-state index in [4.69, 9.17) is 29.0 Å². The molecule has 0 saturated carbocycles. The first-order valence-electron chi connectivity index (χ1n) is 7.43. The Hall–Kier alpha value is -2.27. The molecule has 2 aromatic heterocycles. The van der Waals surface area contributed by atoms with Crippen LogP contribution < -0.4 is 16.6 Å². The van der Waals surface area contributed by atoms with Crippen LogP contribution in [0.3, 0.4) is 0 Å². The highest BCUT2D eigenvalue weighted by Gasteiger charge is 2.12. The normalized spacial score (nSPS) is 11.0. The number of amides is 1. The zero-order chi connectivity index (χ0) is 19.2. The molecule has 3 rings (SSSR count). The Morgan fingerprint density at radius 1 is 1.33 bits per heavy atom. The number of hydrazone groups is 1. The molecule has 8 nitrogen and oxygen atoms in total. The van der Waals surface area contributed by atoms with E-state index < -0.39 is 0 Å². The fraction of sp³-hybridized carbons (Fsp3) is 0.0667. The summed E-state index contributed by atoms with van der Waals surface area (Å²) >= 11 is 14.5. The molecule has 3 aromatic rings. The van der Waals surface area contributed by atoms with Gasteiger partial charge in [-0.3, -0.25) is 4.79 Å². The first-order chi connectivity index (χ1) is 13.0. The van der Waals surface area contributed by atoms with Crippen LogP contribution in [0.25, 0.3) is 0 Å². The molecule has 27 heavy (non-hydrogen) atoms. The lowest BCUT2D eigenvalue weighted by Gasteiger charge is -2.06. The van der Waals surface area contributed by atoms with Gasteiger partial charge in [-0.2, -0.15) is 5.10 Å². The Kier molecular flexibility index (Phi) is 6.56. The first-order valence-corrected chi connectivity index (χ1v) is 10.0. The van der Waals surface area contributed by atoms with E-state index in [1.54, 1.807) is 35.8 Å². The van der Waals surface area contributed by atoms with Crippen molar-refractivity contribution in [1.82, 2.24) is 14.9 Å². The summed E-state index contributed by atoms with van der Waals surface area (Å²) in [6.45, 7) is 0. The Morgan fingerprint density at radius 2 is 2.11 bits per heavy atom. The van der Waals surface area contributed by atoms with Gasteiger partial charge in [-0.1, -0.05) is 41.0 Å². The number of rotatable bonds is 7. The van der Waals surface area contributed by atoms with Crippen LogP contribution in [-0.4, -0.2) is 32.7 Å². The summed E-state index contributed by atoms with van der Waals surface area (Å²) in [5, 5.41) is 17.8. The fourth-order valence-electron chi connectivity index (χ4n) is 1.92. The Morgan fingerprint density at radius 3 is 2.81 bits per heavy atom. The molecule has 0 aliphatic heterocycles. The molecule has 140 valence electrons. The maximum absolute atomic E-state index is 12.1. The number of thioether (sulfide) groups is 1. The van der Waals surface area contributed by atoms with E-state index in [9.17, 15) is 4.79 Å². The minimum absolute atomic E-state index is 0.0813. The third-order valence-corrected chi connectivity index (χ3v) is 5.23. The number of thiophene rings is 1. The summed E-state index contributed by atoms with van der Waals surface area (Å²) in [6, 6.07) is 8.65. The number of anilines is 2. The number of nitrogens with two attached hydrogens (primary N) is 1. The average molecular weight is 442 g/mol. The maximum Gasteiger partial charge on any atom is 0.264 e. The highest BCUT2D eigenvalue weighted by atomic mass is 35.5. The standard InChI is InChI=1S/C15H13Cl2N7OS2/c16-9-4-10(17)6-11(5-9)20-13(25)8-27-15-23-22-14(24(15)18)21-19-7-12-2-1-3-26-12/h1-7H,8,18H2,(H,20,25)(H,21,22)/b19-7+. The van der Waals surface area contributed by atoms with Crippen LogP contribution in [0, 0.1) is 0 Å². The minimum Gasteiger partial charge on any atom is -0.334 e. The summed E-state index contributed by atoms with van der Waals surface area (Å²) in [6.07, 6.45) is 1.65. The van der Waals surface area contributed by atoms with Crippen LogP contribution in [0.15, 0.2) is 46.0 Å². The number of nitrogens with zero attached hydrogens (tertiary/aromatic N) is 4. The lowest BCUT2D eigenvalue weighted by Crippen LogP contribution is -2.16. The molecule has 12 heteroatoms. The van der Waals surface area contributed by atoms with Gasteiger partial charge in [-0.25, -0.2) is 10.1 Å². The highest BCUT2D eigenvalue weighted by Crippen LogP contribution is 2.23. The average Bonchev–Trinajstić information content (AvgIpc) is 3.23. The van der Waals surface area contributed by atoms with Crippen molar-refractivity contribution >= 4 is 70.1 Å². The van der Waals surface area contributed by atoms with E-state index in [0.717, 1.165) is 16.6 Å². The van der Waals surface area contributed by atoms with Crippen LogP contribution >= 0.6 is 46.3 Å². The van der Waals surface area contributed by atoms with Gasteiger partial charge in [0, 0.05) is 20.6 Å². The number of hydrogen-bond donors (Lipinski definition) is 3. The Balaban J connectivity index is 1.53. The lowest BCUT2D eigenvalue weighted by molar-refractivity contribution is -0.113. The van der Waals surface area contributed by atoms with E-state index in [-0.39, 0.29) is 17.6 Å². The van der Waals surface area contributed by atoms with E-state index in [1.807, 2.05) is 17.5 Å². The highest BCUT2D eigenvalue weighted by molar-refractivity contribution is 7.99. The summed E-state index contributed by atoms with van der Waals surface area (Å²) < 4.78 is 1.22. The number of nitrogens with one attached hydrogen (secondary N) is 2. The summed E-state index contributed by atoms with van der Waals surface area (Å²) in [7, 11) is 0. The van der Waals surface area contributed by atoms with Crippen molar-refractivity contribution in [2.45, 2.75) is 5.16 Å². The topological polar surface area (TPSA) is 110 Å². The second-order valence-corrected chi connectivity index (χ2v) is 7.85. The number of carbonyl (C=O) groups is 1. The number of nitrogen functional groups attached to an aromatic ring is 1. The van der Waals surface area contributed by atoms with Gasteiger partial charge in [0.15, 0.2) is 0 Å². The molecule has 1 aromatic carbocycles. The van der Waals surface area contributed by atoms with E-state index >= 15 is 0 Å². The summed E-state index contributed by atoms with van der Waals surface area (Å²) in [4.78, 5) is 13.1. The van der Waals surface area contributed by atoms with Gasteiger partial charge in [-0.05, 0) is 29.6 Å². The van der Waals surface area contributed by atoms with Gasteiger partial charge in [0.1, 0.15) is 0 Å². The Labute approximate surface area is 172 Å². The van der Waals surface area contributed by atoms with Gasteiger partial charge in [0.05, 0.1) is 12.0 Å². The summed E-state index contributed by atoms with van der Waals surface area (Å²) in [5.74, 6) is 5.99. The first kappa shape index (κ1) is 19.5. The molecular weight excluding hydrogens is 429 g/mol.